The molecule has 1 aliphatic rings. The van der Waals surface area contributed by atoms with Crippen LogP contribution in [0.2, 0.25) is 0 Å². The van der Waals surface area contributed by atoms with E-state index in [9.17, 15) is 9.59 Å². The highest BCUT2D eigenvalue weighted by atomic mass is 16.5. The molecule has 28 heavy (non-hydrogen) atoms. The number of amides is 1. The highest BCUT2D eigenvalue weighted by molar-refractivity contribution is 6.08. The molecule has 1 aromatic carbocycles. The van der Waals surface area contributed by atoms with Crippen LogP contribution in [0.3, 0.4) is 0 Å². The monoisotopic (exact) mass is 386 g/mol. The number of para-hydroxylation sites is 2. The van der Waals surface area contributed by atoms with Gasteiger partial charge >= 0.3 is 5.97 Å². The quantitative estimate of drug-likeness (QED) is 0.609. The number of aliphatic hydroxyl groups is 1. The Morgan fingerprint density at radius 1 is 1.29 bits per heavy atom. The van der Waals surface area contributed by atoms with Gasteiger partial charge in [-0.15, -0.1) is 0 Å². The summed E-state index contributed by atoms with van der Waals surface area (Å²) >= 11 is 0. The Morgan fingerprint density at radius 3 is 2.82 bits per heavy atom. The zero-order valence-corrected chi connectivity index (χ0v) is 15.5. The number of carbonyl (C=O) groups is 2. The SMILES string of the molecule is COC(=O)C1=C(Nc2ccccc2OCCn2cccn2)C(=O)N(CCO)C1. The Morgan fingerprint density at radius 2 is 2.11 bits per heavy atom. The summed E-state index contributed by atoms with van der Waals surface area (Å²) in [6, 6.07) is 8.98. The van der Waals surface area contributed by atoms with Crippen LogP contribution in [0.25, 0.3) is 0 Å². The van der Waals surface area contributed by atoms with Gasteiger partial charge in [0.15, 0.2) is 0 Å². The standard InChI is InChI=1S/C19H22N4O5/c1-27-19(26)14-13-22(9-11-24)18(25)17(14)21-15-5-2-3-6-16(15)28-12-10-23-8-4-7-20-23/h2-8,21,24H,9-13H2,1H3. The molecule has 9 heteroatoms. The summed E-state index contributed by atoms with van der Waals surface area (Å²) in [5.74, 6) is -0.422. The van der Waals surface area contributed by atoms with Gasteiger partial charge in [0.2, 0.25) is 0 Å². The fourth-order valence-electron chi connectivity index (χ4n) is 2.86. The van der Waals surface area contributed by atoms with E-state index in [0.717, 1.165) is 0 Å². The van der Waals surface area contributed by atoms with Crippen molar-refractivity contribution in [3.63, 3.8) is 0 Å². The Balaban J connectivity index is 1.77. The molecule has 0 unspecified atom stereocenters. The number of anilines is 1. The fourth-order valence-corrected chi connectivity index (χ4v) is 2.86. The first-order chi connectivity index (χ1) is 13.6. The molecule has 0 bridgehead atoms. The van der Waals surface area contributed by atoms with E-state index in [4.69, 9.17) is 14.6 Å². The van der Waals surface area contributed by atoms with Crippen LogP contribution in [0.4, 0.5) is 5.69 Å². The Kier molecular flexibility index (Phi) is 6.28. The van der Waals surface area contributed by atoms with Crippen LogP contribution in [0.1, 0.15) is 0 Å². The van der Waals surface area contributed by atoms with Crippen LogP contribution in [-0.2, 0) is 20.9 Å². The van der Waals surface area contributed by atoms with Gasteiger partial charge in [-0.1, -0.05) is 12.1 Å². The third-order valence-electron chi connectivity index (χ3n) is 4.24. The largest absolute Gasteiger partial charge is 0.489 e. The van der Waals surface area contributed by atoms with E-state index in [-0.39, 0.29) is 36.9 Å². The van der Waals surface area contributed by atoms with E-state index in [1.165, 1.54) is 12.0 Å². The molecule has 1 aliphatic heterocycles. The summed E-state index contributed by atoms with van der Waals surface area (Å²) < 4.78 is 12.4. The average molecular weight is 386 g/mol. The summed E-state index contributed by atoms with van der Waals surface area (Å²) in [6.07, 6.45) is 3.54. The normalized spacial score (nSPS) is 13.8. The van der Waals surface area contributed by atoms with Crippen molar-refractivity contribution in [3.8, 4) is 5.75 Å². The van der Waals surface area contributed by atoms with Crippen LogP contribution in [0.15, 0.2) is 54.0 Å². The molecule has 1 amide bonds. The maximum Gasteiger partial charge on any atom is 0.337 e. The summed E-state index contributed by atoms with van der Waals surface area (Å²) in [6.45, 7) is 0.971. The molecule has 2 heterocycles. The van der Waals surface area contributed by atoms with Gasteiger partial charge in [0.05, 0.1) is 38.1 Å². The first-order valence-electron chi connectivity index (χ1n) is 8.82. The number of hydrogen-bond donors (Lipinski definition) is 2. The van der Waals surface area contributed by atoms with E-state index in [2.05, 4.69) is 10.4 Å². The highest BCUT2D eigenvalue weighted by Crippen LogP contribution is 2.29. The molecule has 0 saturated carbocycles. The Bertz CT molecular complexity index is 863. The third-order valence-corrected chi connectivity index (χ3v) is 4.24. The first-order valence-corrected chi connectivity index (χ1v) is 8.82. The molecule has 2 aromatic rings. The van der Waals surface area contributed by atoms with Crippen molar-refractivity contribution >= 4 is 17.6 Å². The maximum absolute atomic E-state index is 12.6. The number of benzene rings is 1. The first kappa shape index (κ1) is 19.4. The number of β-amino-alcohol motifs (C(OH)–C–C–N with tert-alkyl or cyclic N) is 1. The summed E-state index contributed by atoms with van der Waals surface area (Å²) in [4.78, 5) is 26.1. The molecule has 0 radical (unpaired) electrons. The van der Waals surface area contributed by atoms with Crippen molar-refractivity contribution in [2.45, 2.75) is 6.54 Å². The van der Waals surface area contributed by atoms with Gasteiger partial charge in [-0.05, 0) is 18.2 Å². The summed E-state index contributed by atoms with van der Waals surface area (Å²) in [7, 11) is 1.26. The molecule has 0 fully saturated rings. The number of ether oxygens (including phenoxy) is 2. The number of aliphatic hydroxyl groups excluding tert-OH is 1. The number of aromatic nitrogens is 2. The predicted molar refractivity (Wildman–Crippen MR) is 100 cm³/mol. The zero-order valence-electron chi connectivity index (χ0n) is 15.5. The lowest BCUT2D eigenvalue weighted by Gasteiger charge is -2.16. The van der Waals surface area contributed by atoms with Crippen molar-refractivity contribution in [1.29, 1.82) is 0 Å². The molecule has 0 saturated heterocycles. The number of carbonyl (C=O) groups excluding carboxylic acids is 2. The van der Waals surface area contributed by atoms with E-state index in [0.29, 0.717) is 24.6 Å². The van der Waals surface area contributed by atoms with Crippen molar-refractivity contribution < 1.29 is 24.2 Å². The zero-order chi connectivity index (χ0) is 19.9. The van der Waals surface area contributed by atoms with Crippen molar-refractivity contribution in [2.75, 3.05) is 38.7 Å². The summed E-state index contributed by atoms with van der Waals surface area (Å²) in [5.41, 5.74) is 0.897. The van der Waals surface area contributed by atoms with Gasteiger partial charge in [0.25, 0.3) is 5.91 Å². The van der Waals surface area contributed by atoms with Crippen molar-refractivity contribution in [2.24, 2.45) is 0 Å². The topological polar surface area (TPSA) is 106 Å². The maximum atomic E-state index is 12.6. The minimum absolute atomic E-state index is 0.0801. The van der Waals surface area contributed by atoms with Crippen LogP contribution >= 0.6 is 0 Å². The van der Waals surface area contributed by atoms with E-state index < -0.39 is 5.97 Å². The second-order valence-electron chi connectivity index (χ2n) is 6.03. The average Bonchev–Trinajstić information content (AvgIpc) is 3.33. The molecule has 0 aliphatic carbocycles. The van der Waals surface area contributed by atoms with Gasteiger partial charge in [-0.3, -0.25) is 9.48 Å². The molecule has 148 valence electrons. The van der Waals surface area contributed by atoms with Gasteiger partial charge in [-0.2, -0.15) is 5.10 Å². The lowest BCUT2D eigenvalue weighted by molar-refractivity contribution is -0.136. The minimum Gasteiger partial charge on any atom is -0.489 e. The predicted octanol–water partition coefficient (Wildman–Crippen LogP) is 0.636. The van der Waals surface area contributed by atoms with Crippen LogP contribution < -0.4 is 10.1 Å². The van der Waals surface area contributed by atoms with E-state index >= 15 is 0 Å². The van der Waals surface area contributed by atoms with E-state index in [1.54, 1.807) is 29.1 Å². The Hall–Kier alpha value is -3.33. The van der Waals surface area contributed by atoms with Crippen molar-refractivity contribution in [3.05, 3.63) is 54.0 Å². The highest BCUT2D eigenvalue weighted by Gasteiger charge is 2.34. The number of esters is 1. The summed E-state index contributed by atoms with van der Waals surface area (Å²) in [5, 5.41) is 16.3. The number of nitrogens with zero attached hydrogens (tertiary/aromatic N) is 3. The van der Waals surface area contributed by atoms with Crippen LogP contribution in [0, 0.1) is 0 Å². The van der Waals surface area contributed by atoms with Gasteiger partial charge in [0.1, 0.15) is 18.1 Å². The number of nitrogens with one attached hydrogen (secondary N) is 1. The van der Waals surface area contributed by atoms with E-state index in [1.807, 2.05) is 18.3 Å². The van der Waals surface area contributed by atoms with Gasteiger partial charge in [0, 0.05) is 18.9 Å². The third kappa shape index (κ3) is 4.32. The fraction of sp³-hybridized carbons (Fsp3) is 0.316. The molecular weight excluding hydrogens is 364 g/mol. The molecule has 9 nitrogen and oxygen atoms in total. The second-order valence-corrected chi connectivity index (χ2v) is 6.03. The Labute approximate surface area is 162 Å². The molecule has 0 spiro atoms. The van der Waals surface area contributed by atoms with Crippen LogP contribution in [-0.4, -0.2) is 65.1 Å². The lowest BCUT2D eigenvalue weighted by Crippen LogP contribution is -2.31. The number of hydrogen-bond acceptors (Lipinski definition) is 7. The molecule has 1 aromatic heterocycles. The molecule has 3 rings (SSSR count). The number of rotatable bonds is 9. The lowest BCUT2D eigenvalue weighted by atomic mass is 10.2. The molecule has 2 N–H and O–H groups in total. The van der Waals surface area contributed by atoms with Gasteiger partial charge in [-0.25, -0.2) is 4.79 Å². The second kappa shape index (κ2) is 9.05. The van der Waals surface area contributed by atoms with Gasteiger partial charge < -0.3 is 24.8 Å². The van der Waals surface area contributed by atoms with Crippen molar-refractivity contribution in [1.82, 2.24) is 14.7 Å². The molecule has 0 atom stereocenters. The minimum atomic E-state index is -0.589. The number of methoxy groups -OCH3 is 1. The smallest absolute Gasteiger partial charge is 0.337 e. The van der Waals surface area contributed by atoms with Crippen LogP contribution in [0.5, 0.6) is 5.75 Å². The molecular formula is C19H22N4O5.